The second-order valence-electron chi connectivity index (χ2n) is 10.7. The zero-order valence-electron chi connectivity index (χ0n) is 25.1. The van der Waals surface area contributed by atoms with E-state index in [0.29, 0.717) is 17.9 Å². The lowest BCUT2D eigenvalue weighted by atomic mass is 10.00. The van der Waals surface area contributed by atoms with E-state index >= 15 is 0 Å². The highest BCUT2D eigenvalue weighted by atomic mass is 32.2. The molecule has 4 aromatic carbocycles. The summed E-state index contributed by atoms with van der Waals surface area (Å²) in [4.78, 5) is 15.1. The summed E-state index contributed by atoms with van der Waals surface area (Å²) >= 11 is 1.67. The first-order chi connectivity index (χ1) is 21.5. The number of aromatic nitrogens is 2. The van der Waals surface area contributed by atoms with Gasteiger partial charge < -0.3 is 4.74 Å². The molecular weight excluding hydrogens is 565 g/mol. The van der Waals surface area contributed by atoms with Gasteiger partial charge in [-0.3, -0.25) is 4.79 Å². The second-order valence-corrected chi connectivity index (χ2v) is 11.7. The fourth-order valence-electron chi connectivity index (χ4n) is 5.02. The summed E-state index contributed by atoms with van der Waals surface area (Å²) in [6.45, 7) is 6.90. The SMILES string of the molecule is CCCOc1ccc(-c2nn(-c3ccccc3)cc2/C=C2/C(=O)N(c3ccccc3)N=C2CSc2ccc(C)cc2)c(C)c1. The van der Waals surface area contributed by atoms with Gasteiger partial charge >= 0.3 is 0 Å². The van der Waals surface area contributed by atoms with Crippen LogP contribution < -0.4 is 9.75 Å². The third-order valence-electron chi connectivity index (χ3n) is 7.34. The minimum absolute atomic E-state index is 0.158. The summed E-state index contributed by atoms with van der Waals surface area (Å²) in [7, 11) is 0. The lowest BCUT2D eigenvalue weighted by Crippen LogP contribution is -2.21. The van der Waals surface area contributed by atoms with E-state index in [9.17, 15) is 4.79 Å². The summed E-state index contributed by atoms with van der Waals surface area (Å²) in [5, 5.41) is 11.4. The molecule has 0 spiro atoms. The average molecular weight is 599 g/mol. The normalized spacial score (nSPS) is 13.9. The summed E-state index contributed by atoms with van der Waals surface area (Å²) in [6.07, 6.45) is 4.88. The Bertz CT molecular complexity index is 1830. The molecule has 2 heterocycles. The van der Waals surface area contributed by atoms with Gasteiger partial charge in [-0.1, -0.05) is 61.0 Å². The average Bonchev–Trinajstić information content (AvgIpc) is 3.61. The van der Waals surface area contributed by atoms with E-state index in [1.165, 1.54) is 10.6 Å². The van der Waals surface area contributed by atoms with Crippen molar-refractivity contribution in [3.8, 4) is 22.7 Å². The van der Waals surface area contributed by atoms with Crippen LogP contribution in [-0.2, 0) is 4.79 Å². The molecule has 220 valence electrons. The zero-order valence-corrected chi connectivity index (χ0v) is 25.9. The van der Waals surface area contributed by atoms with Crippen molar-refractivity contribution in [1.29, 1.82) is 0 Å². The molecule has 0 radical (unpaired) electrons. The molecule has 0 fully saturated rings. The van der Waals surface area contributed by atoms with Crippen LogP contribution >= 0.6 is 11.8 Å². The third-order valence-corrected chi connectivity index (χ3v) is 8.36. The van der Waals surface area contributed by atoms with Crippen molar-refractivity contribution < 1.29 is 9.53 Å². The zero-order chi connectivity index (χ0) is 30.5. The second kappa shape index (κ2) is 13.2. The molecule has 1 aromatic heterocycles. The van der Waals surface area contributed by atoms with Crippen LogP contribution in [-0.4, -0.2) is 33.8 Å². The van der Waals surface area contributed by atoms with Crippen molar-refractivity contribution in [2.24, 2.45) is 5.10 Å². The number of ether oxygens (including phenoxy) is 1. The van der Waals surface area contributed by atoms with Crippen LogP contribution in [0.2, 0.25) is 0 Å². The van der Waals surface area contributed by atoms with E-state index in [1.54, 1.807) is 11.8 Å². The number of thioether (sulfide) groups is 1. The van der Waals surface area contributed by atoms with E-state index in [2.05, 4.69) is 51.1 Å². The van der Waals surface area contributed by atoms with Crippen LogP contribution in [0, 0.1) is 13.8 Å². The van der Waals surface area contributed by atoms with Gasteiger partial charge in [-0.05, 0) is 86.5 Å². The van der Waals surface area contributed by atoms with Crippen LogP contribution in [0.5, 0.6) is 5.75 Å². The number of carbonyl (C=O) groups excluding carboxylic acids is 1. The number of anilines is 1. The first kappa shape index (κ1) is 29.2. The number of benzene rings is 4. The minimum Gasteiger partial charge on any atom is -0.494 e. The number of aryl methyl sites for hydroxylation is 2. The first-order valence-electron chi connectivity index (χ1n) is 14.8. The highest BCUT2D eigenvalue weighted by molar-refractivity contribution is 8.00. The molecule has 0 aliphatic carbocycles. The number of amides is 1. The highest BCUT2D eigenvalue weighted by Crippen LogP contribution is 2.33. The predicted molar refractivity (Wildman–Crippen MR) is 181 cm³/mol. The molecule has 7 heteroatoms. The van der Waals surface area contributed by atoms with E-state index < -0.39 is 0 Å². The largest absolute Gasteiger partial charge is 0.494 e. The van der Waals surface area contributed by atoms with Crippen LogP contribution in [0.25, 0.3) is 23.0 Å². The van der Waals surface area contributed by atoms with Gasteiger partial charge in [0.05, 0.1) is 29.3 Å². The Hall–Kier alpha value is -4.88. The summed E-state index contributed by atoms with van der Waals surface area (Å²) in [5.41, 5.74) is 7.82. The van der Waals surface area contributed by atoms with E-state index in [-0.39, 0.29) is 5.91 Å². The van der Waals surface area contributed by atoms with Crippen molar-refractivity contribution in [1.82, 2.24) is 9.78 Å². The Morgan fingerprint density at radius 1 is 0.864 bits per heavy atom. The van der Waals surface area contributed by atoms with E-state index in [4.69, 9.17) is 14.9 Å². The Balaban J connectivity index is 1.43. The number of hydrogen-bond acceptors (Lipinski definition) is 5. The molecule has 1 aliphatic heterocycles. The number of para-hydroxylation sites is 2. The van der Waals surface area contributed by atoms with Gasteiger partial charge in [-0.25, -0.2) is 4.68 Å². The van der Waals surface area contributed by atoms with Crippen LogP contribution in [0.4, 0.5) is 5.69 Å². The van der Waals surface area contributed by atoms with Gasteiger partial charge in [0.25, 0.3) is 5.91 Å². The van der Waals surface area contributed by atoms with Crippen LogP contribution in [0.3, 0.4) is 0 Å². The van der Waals surface area contributed by atoms with Gasteiger partial charge in [0.1, 0.15) is 11.4 Å². The molecule has 0 unspecified atom stereocenters. The molecule has 0 N–H and O–H groups in total. The maximum absolute atomic E-state index is 14.0. The smallest absolute Gasteiger partial charge is 0.280 e. The maximum Gasteiger partial charge on any atom is 0.280 e. The van der Waals surface area contributed by atoms with E-state index in [1.807, 2.05) is 89.8 Å². The van der Waals surface area contributed by atoms with Crippen LogP contribution in [0.15, 0.2) is 125 Å². The van der Waals surface area contributed by atoms with Gasteiger partial charge in [-0.2, -0.15) is 15.2 Å². The number of nitrogens with zero attached hydrogens (tertiary/aromatic N) is 4. The lowest BCUT2D eigenvalue weighted by Gasteiger charge is -2.11. The Kier molecular flexibility index (Phi) is 8.75. The molecule has 5 aromatic rings. The number of hydrogen-bond donors (Lipinski definition) is 0. The lowest BCUT2D eigenvalue weighted by molar-refractivity contribution is -0.114. The number of rotatable bonds is 10. The first-order valence-corrected chi connectivity index (χ1v) is 15.8. The highest BCUT2D eigenvalue weighted by Gasteiger charge is 2.32. The quantitative estimate of drug-likeness (QED) is 0.119. The Morgan fingerprint density at radius 2 is 1.57 bits per heavy atom. The summed E-state index contributed by atoms with van der Waals surface area (Å²) in [5.74, 6) is 1.23. The van der Waals surface area contributed by atoms with Gasteiger partial charge in [-0.15, -0.1) is 11.8 Å². The van der Waals surface area contributed by atoms with Crippen LogP contribution in [0.1, 0.15) is 30.0 Å². The molecule has 6 rings (SSSR count). The number of carbonyl (C=O) groups is 1. The van der Waals surface area contributed by atoms with Crippen molar-refractivity contribution in [2.75, 3.05) is 17.4 Å². The van der Waals surface area contributed by atoms with Crippen molar-refractivity contribution in [2.45, 2.75) is 32.1 Å². The molecule has 0 atom stereocenters. The molecule has 0 saturated heterocycles. The molecule has 1 amide bonds. The van der Waals surface area contributed by atoms with Crippen molar-refractivity contribution >= 4 is 35.1 Å². The molecular formula is C37H34N4O2S. The fourth-order valence-corrected chi connectivity index (χ4v) is 5.87. The molecule has 0 saturated carbocycles. The molecule has 6 nitrogen and oxygen atoms in total. The summed E-state index contributed by atoms with van der Waals surface area (Å²) in [6, 6.07) is 34.1. The Labute approximate surface area is 262 Å². The topological polar surface area (TPSA) is 59.7 Å². The van der Waals surface area contributed by atoms with Gasteiger partial charge in [0.15, 0.2) is 0 Å². The molecule has 44 heavy (non-hydrogen) atoms. The van der Waals surface area contributed by atoms with Gasteiger partial charge in [0, 0.05) is 28.0 Å². The molecule has 1 aliphatic rings. The maximum atomic E-state index is 14.0. The standard InChI is InChI=1S/C37H34N4O2S/c1-4-21-43-31-17-20-33(27(3)22-31)36-28(24-40(39-36)29-11-7-5-8-12-29)23-34-35(25-44-32-18-15-26(2)16-19-32)38-41(37(34)42)30-13-9-6-10-14-30/h5-20,22-24H,4,21,25H2,1-3H3/b34-23+. The minimum atomic E-state index is -0.158. The van der Waals surface area contributed by atoms with Crippen molar-refractivity contribution in [3.63, 3.8) is 0 Å². The predicted octanol–water partition coefficient (Wildman–Crippen LogP) is 8.52. The van der Waals surface area contributed by atoms with E-state index in [0.717, 1.165) is 56.5 Å². The molecule has 0 bridgehead atoms. The fraction of sp³-hybridized carbons (Fsp3) is 0.162. The monoisotopic (exact) mass is 598 g/mol. The summed E-state index contributed by atoms with van der Waals surface area (Å²) < 4.78 is 7.76. The number of hydrazone groups is 1. The van der Waals surface area contributed by atoms with Crippen molar-refractivity contribution in [3.05, 3.63) is 132 Å². The Morgan fingerprint density at radius 3 is 2.25 bits per heavy atom. The third kappa shape index (κ3) is 6.38. The van der Waals surface area contributed by atoms with Gasteiger partial charge in [0.2, 0.25) is 0 Å².